The van der Waals surface area contributed by atoms with E-state index in [1.165, 1.54) is 0 Å². The number of likely N-dealkylation sites (tertiary alicyclic amines) is 1. The lowest BCUT2D eigenvalue weighted by Crippen LogP contribution is -2.28. The quantitative estimate of drug-likeness (QED) is 0.757. The zero-order chi connectivity index (χ0) is 17.8. The molecular formula is C20H23NO3S. The van der Waals surface area contributed by atoms with Crippen molar-refractivity contribution < 1.29 is 14.3 Å². The Hall–Kier alpha value is -2.14. The van der Waals surface area contributed by atoms with Gasteiger partial charge >= 0.3 is 0 Å². The van der Waals surface area contributed by atoms with Gasteiger partial charge in [0.05, 0.1) is 19.8 Å². The van der Waals surface area contributed by atoms with Crippen molar-refractivity contribution in [2.45, 2.75) is 17.2 Å². The first kappa shape index (κ1) is 17.7. The van der Waals surface area contributed by atoms with Gasteiger partial charge in [0, 0.05) is 29.5 Å². The summed E-state index contributed by atoms with van der Waals surface area (Å²) in [5.41, 5.74) is 1.89. The molecule has 0 saturated carbocycles. The maximum Gasteiger partial charge on any atom is 0.255 e. The van der Waals surface area contributed by atoms with E-state index >= 15 is 0 Å². The molecule has 0 radical (unpaired) electrons. The summed E-state index contributed by atoms with van der Waals surface area (Å²) in [5, 5.41) is 0. The van der Waals surface area contributed by atoms with E-state index in [-0.39, 0.29) is 11.8 Å². The van der Waals surface area contributed by atoms with Gasteiger partial charge in [-0.15, -0.1) is 11.8 Å². The fourth-order valence-corrected chi connectivity index (χ4v) is 3.94. The Morgan fingerprint density at radius 1 is 1.16 bits per heavy atom. The fourth-order valence-electron chi connectivity index (χ4n) is 3.35. The van der Waals surface area contributed by atoms with Gasteiger partial charge in [-0.3, -0.25) is 4.79 Å². The van der Waals surface area contributed by atoms with Crippen LogP contribution in [-0.2, 0) is 0 Å². The van der Waals surface area contributed by atoms with Gasteiger partial charge in [0.1, 0.15) is 11.5 Å². The van der Waals surface area contributed by atoms with Crippen LogP contribution >= 0.6 is 11.8 Å². The van der Waals surface area contributed by atoms with Crippen molar-refractivity contribution in [2.75, 3.05) is 33.6 Å². The number of hydrogen-bond donors (Lipinski definition) is 0. The summed E-state index contributed by atoms with van der Waals surface area (Å²) in [6, 6.07) is 13.6. The Kier molecular flexibility index (Phi) is 5.53. The number of methoxy groups -OCH3 is 2. The summed E-state index contributed by atoms with van der Waals surface area (Å²) in [5.74, 6) is 2.03. The van der Waals surface area contributed by atoms with E-state index in [1.54, 1.807) is 26.0 Å². The Morgan fingerprint density at radius 3 is 2.68 bits per heavy atom. The maximum absolute atomic E-state index is 12.9. The summed E-state index contributed by atoms with van der Waals surface area (Å²) in [7, 11) is 3.34. The average molecular weight is 357 g/mol. The van der Waals surface area contributed by atoms with Crippen LogP contribution in [0.5, 0.6) is 11.5 Å². The predicted octanol–water partition coefficient (Wildman–Crippen LogP) is 4.06. The van der Waals surface area contributed by atoms with Crippen LogP contribution in [0.15, 0.2) is 47.4 Å². The standard InChI is InChI=1S/C20H23NO3S/c1-23-15-8-9-18(24-2)17(12-15)14-10-11-21(13-14)20(22)16-6-4-5-7-19(16)25-3/h4-9,12,14H,10-11,13H2,1-3H3/t14-/m0/s1. The lowest BCUT2D eigenvalue weighted by molar-refractivity contribution is 0.0787. The van der Waals surface area contributed by atoms with Gasteiger partial charge in [0.25, 0.3) is 5.91 Å². The molecule has 0 aromatic heterocycles. The van der Waals surface area contributed by atoms with Gasteiger partial charge in [-0.2, -0.15) is 0 Å². The van der Waals surface area contributed by atoms with E-state index in [1.807, 2.05) is 53.6 Å². The van der Waals surface area contributed by atoms with Gasteiger partial charge < -0.3 is 14.4 Å². The minimum absolute atomic E-state index is 0.106. The molecule has 0 unspecified atom stereocenters. The lowest BCUT2D eigenvalue weighted by atomic mass is 9.97. The number of benzene rings is 2. The van der Waals surface area contributed by atoms with Crippen molar-refractivity contribution in [2.24, 2.45) is 0 Å². The average Bonchev–Trinajstić information content (AvgIpc) is 3.16. The second-order valence-electron chi connectivity index (χ2n) is 6.04. The molecule has 1 atom stereocenters. The summed E-state index contributed by atoms with van der Waals surface area (Å²) in [6.45, 7) is 1.46. The molecule has 0 aliphatic carbocycles. The van der Waals surface area contributed by atoms with Crippen molar-refractivity contribution in [1.29, 1.82) is 0 Å². The van der Waals surface area contributed by atoms with Crippen LogP contribution in [0.3, 0.4) is 0 Å². The molecule has 0 N–H and O–H groups in total. The number of nitrogens with zero attached hydrogens (tertiary/aromatic N) is 1. The summed E-state index contributed by atoms with van der Waals surface area (Å²) in [4.78, 5) is 15.9. The third kappa shape index (κ3) is 3.61. The first-order chi connectivity index (χ1) is 12.2. The number of carbonyl (C=O) groups excluding carboxylic acids is 1. The Balaban J connectivity index is 1.81. The molecule has 0 bridgehead atoms. The van der Waals surface area contributed by atoms with Crippen LogP contribution in [0.25, 0.3) is 0 Å². The first-order valence-electron chi connectivity index (χ1n) is 8.32. The minimum atomic E-state index is 0.106. The molecule has 1 aliphatic rings. The molecule has 4 nitrogen and oxygen atoms in total. The number of ether oxygens (including phenoxy) is 2. The van der Waals surface area contributed by atoms with Crippen LogP contribution in [-0.4, -0.2) is 44.4 Å². The highest BCUT2D eigenvalue weighted by Gasteiger charge is 2.30. The number of hydrogen-bond acceptors (Lipinski definition) is 4. The molecule has 5 heteroatoms. The Morgan fingerprint density at radius 2 is 1.96 bits per heavy atom. The highest BCUT2D eigenvalue weighted by atomic mass is 32.2. The molecule has 2 aromatic carbocycles. The van der Waals surface area contributed by atoms with Crippen LogP contribution in [0, 0.1) is 0 Å². The van der Waals surface area contributed by atoms with Crippen LogP contribution in [0.4, 0.5) is 0 Å². The minimum Gasteiger partial charge on any atom is -0.497 e. The van der Waals surface area contributed by atoms with E-state index in [0.29, 0.717) is 6.54 Å². The van der Waals surface area contributed by atoms with E-state index in [2.05, 4.69) is 0 Å². The zero-order valence-electron chi connectivity index (χ0n) is 14.8. The van der Waals surface area contributed by atoms with Gasteiger partial charge in [0.2, 0.25) is 0 Å². The van der Waals surface area contributed by atoms with E-state index < -0.39 is 0 Å². The van der Waals surface area contributed by atoms with E-state index in [4.69, 9.17) is 9.47 Å². The molecule has 1 aliphatic heterocycles. The van der Waals surface area contributed by atoms with Gasteiger partial charge in [0.15, 0.2) is 0 Å². The molecule has 132 valence electrons. The third-order valence-electron chi connectivity index (χ3n) is 4.69. The summed E-state index contributed by atoms with van der Waals surface area (Å²) in [6.07, 6.45) is 2.93. The monoisotopic (exact) mass is 357 g/mol. The maximum atomic E-state index is 12.9. The van der Waals surface area contributed by atoms with Crippen molar-refractivity contribution in [3.05, 3.63) is 53.6 Å². The Bertz CT molecular complexity index is 762. The van der Waals surface area contributed by atoms with E-state index in [0.717, 1.165) is 40.5 Å². The van der Waals surface area contributed by atoms with E-state index in [9.17, 15) is 4.79 Å². The molecular weight excluding hydrogens is 334 g/mol. The molecule has 0 spiro atoms. The first-order valence-corrected chi connectivity index (χ1v) is 9.54. The zero-order valence-corrected chi connectivity index (χ0v) is 15.6. The van der Waals surface area contributed by atoms with Crippen LogP contribution in [0.1, 0.15) is 28.3 Å². The molecule has 2 aromatic rings. The van der Waals surface area contributed by atoms with Gasteiger partial charge in [-0.25, -0.2) is 0 Å². The van der Waals surface area contributed by atoms with Crippen molar-refractivity contribution in [3.63, 3.8) is 0 Å². The molecule has 1 amide bonds. The Labute approximate surface area is 153 Å². The highest BCUT2D eigenvalue weighted by molar-refractivity contribution is 7.98. The number of rotatable bonds is 5. The SMILES string of the molecule is COc1ccc(OC)c([C@H]2CCN(C(=O)c3ccccc3SC)C2)c1. The van der Waals surface area contributed by atoms with Crippen LogP contribution < -0.4 is 9.47 Å². The van der Waals surface area contributed by atoms with Gasteiger partial charge in [-0.05, 0) is 43.0 Å². The molecule has 1 saturated heterocycles. The number of carbonyl (C=O) groups is 1. The normalized spacial score (nSPS) is 16.8. The second kappa shape index (κ2) is 7.83. The molecule has 1 fully saturated rings. The highest BCUT2D eigenvalue weighted by Crippen LogP contribution is 2.36. The molecule has 1 heterocycles. The van der Waals surface area contributed by atoms with Gasteiger partial charge in [-0.1, -0.05) is 12.1 Å². The third-order valence-corrected chi connectivity index (χ3v) is 5.49. The smallest absolute Gasteiger partial charge is 0.255 e. The fraction of sp³-hybridized carbons (Fsp3) is 0.350. The predicted molar refractivity (Wildman–Crippen MR) is 101 cm³/mol. The summed E-state index contributed by atoms with van der Waals surface area (Å²) >= 11 is 1.61. The second-order valence-corrected chi connectivity index (χ2v) is 6.89. The summed E-state index contributed by atoms with van der Waals surface area (Å²) < 4.78 is 10.9. The molecule has 25 heavy (non-hydrogen) atoms. The lowest BCUT2D eigenvalue weighted by Gasteiger charge is -2.19. The van der Waals surface area contributed by atoms with Crippen LogP contribution in [0.2, 0.25) is 0 Å². The number of thioether (sulfide) groups is 1. The van der Waals surface area contributed by atoms with Crippen molar-refractivity contribution in [3.8, 4) is 11.5 Å². The van der Waals surface area contributed by atoms with Crippen molar-refractivity contribution in [1.82, 2.24) is 4.90 Å². The number of amides is 1. The topological polar surface area (TPSA) is 38.8 Å². The van der Waals surface area contributed by atoms with Crippen molar-refractivity contribution >= 4 is 17.7 Å². The molecule has 3 rings (SSSR count). The largest absolute Gasteiger partial charge is 0.497 e.